The molecule has 0 spiro atoms. The van der Waals surface area contributed by atoms with E-state index in [-0.39, 0.29) is 24.7 Å². The Morgan fingerprint density at radius 1 is 1.03 bits per heavy atom. The zero-order valence-corrected chi connectivity index (χ0v) is 18.4. The van der Waals surface area contributed by atoms with Crippen molar-refractivity contribution in [2.24, 2.45) is 5.92 Å². The summed E-state index contributed by atoms with van der Waals surface area (Å²) in [6, 6.07) is 5.28. The van der Waals surface area contributed by atoms with E-state index >= 15 is 0 Å². The number of benzene rings is 1. The van der Waals surface area contributed by atoms with Gasteiger partial charge in [-0.05, 0) is 49.1 Å². The number of carbonyl (C=O) groups is 2. The van der Waals surface area contributed by atoms with Crippen molar-refractivity contribution in [3.05, 3.63) is 53.0 Å². The number of carbonyl (C=O) groups excluding carboxylic acids is 2. The lowest BCUT2D eigenvalue weighted by Crippen LogP contribution is -2.49. The van der Waals surface area contributed by atoms with Crippen LogP contribution in [-0.4, -0.2) is 59.6 Å². The van der Waals surface area contributed by atoms with Gasteiger partial charge in [-0.2, -0.15) is 13.2 Å². The maximum atomic E-state index is 13.3. The lowest BCUT2D eigenvalue weighted by molar-refractivity contribution is -0.138. The van der Waals surface area contributed by atoms with Crippen LogP contribution in [0.4, 0.5) is 23.4 Å². The maximum Gasteiger partial charge on any atom is 0.417 e. The minimum atomic E-state index is -4.84. The Kier molecular flexibility index (Phi) is 6.99. The van der Waals surface area contributed by atoms with Crippen molar-refractivity contribution in [3.8, 4) is 0 Å². The van der Waals surface area contributed by atoms with Crippen LogP contribution in [0, 0.1) is 11.7 Å². The number of aromatic nitrogens is 2. The summed E-state index contributed by atoms with van der Waals surface area (Å²) in [5.41, 5.74) is -1.65. The average Bonchev–Trinajstić information content (AvgIpc) is 3.65. The van der Waals surface area contributed by atoms with Gasteiger partial charge in [-0.25, -0.2) is 4.39 Å². The smallest absolute Gasteiger partial charge is 0.352 e. The summed E-state index contributed by atoms with van der Waals surface area (Å²) in [6.07, 6.45) is -0.213. The molecule has 0 atom stereocenters. The summed E-state index contributed by atoms with van der Waals surface area (Å²) in [5.74, 6) is -0.816. The van der Waals surface area contributed by atoms with E-state index in [9.17, 15) is 27.2 Å². The first-order valence-corrected chi connectivity index (χ1v) is 11.3. The van der Waals surface area contributed by atoms with Gasteiger partial charge in [-0.3, -0.25) is 9.59 Å². The fourth-order valence-electron chi connectivity index (χ4n) is 3.95. The molecular weight excluding hydrogens is 454 g/mol. The Hall–Kier alpha value is -3.24. The molecule has 1 N–H and O–H groups in total. The van der Waals surface area contributed by atoms with Gasteiger partial charge in [-0.15, -0.1) is 10.2 Å². The molecule has 4 rings (SSSR count). The third-order valence-corrected chi connectivity index (χ3v) is 6.06. The molecule has 34 heavy (non-hydrogen) atoms. The number of hydrogen-bond acceptors (Lipinski definition) is 5. The lowest BCUT2D eigenvalue weighted by Gasteiger charge is -2.35. The molecule has 2 aliphatic rings. The van der Waals surface area contributed by atoms with Crippen LogP contribution >= 0.6 is 0 Å². The van der Waals surface area contributed by atoms with Crippen LogP contribution in [-0.2, 0) is 6.18 Å². The highest BCUT2D eigenvalue weighted by atomic mass is 19.4. The number of piperazine rings is 1. The Balaban J connectivity index is 1.31. The molecular formula is C23H25F4N5O2. The van der Waals surface area contributed by atoms with Crippen molar-refractivity contribution in [3.63, 3.8) is 0 Å². The van der Waals surface area contributed by atoms with Gasteiger partial charge in [0.1, 0.15) is 5.82 Å². The standard InChI is InChI=1S/C23H25F4N5O2/c24-16-5-6-17(18(14-16)23(25,26)27)22(34)32-12-10-31(11-13-32)20-8-7-19(29-30-20)21(33)28-9-1-2-15-3-4-15/h5-8,14-15H,1-4,9-13H2,(H,28,33). The number of nitrogens with zero attached hydrogens (tertiary/aromatic N) is 4. The van der Waals surface area contributed by atoms with Crippen molar-refractivity contribution in [2.75, 3.05) is 37.6 Å². The largest absolute Gasteiger partial charge is 0.417 e. The molecule has 182 valence electrons. The first kappa shape index (κ1) is 23.9. The van der Waals surface area contributed by atoms with Crippen molar-refractivity contribution < 1.29 is 27.2 Å². The summed E-state index contributed by atoms with van der Waals surface area (Å²) >= 11 is 0. The Morgan fingerprint density at radius 2 is 1.76 bits per heavy atom. The predicted molar refractivity (Wildman–Crippen MR) is 116 cm³/mol. The van der Waals surface area contributed by atoms with Crippen LogP contribution in [0.1, 0.15) is 52.1 Å². The van der Waals surface area contributed by atoms with Crippen molar-refractivity contribution in [2.45, 2.75) is 31.9 Å². The van der Waals surface area contributed by atoms with E-state index in [1.54, 1.807) is 12.1 Å². The molecule has 11 heteroatoms. The summed E-state index contributed by atoms with van der Waals surface area (Å²) in [5, 5.41) is 10.9. The molecule has 1 aromatic heterocycles. The Bertz CT molecular complexity index is 1030. The van der Waals surface area contributed by atoms with E-state index in [1.165, 1.54) is 17.7 Å². The maximum absolute atomic E-state index is 13.3. The number of nitrogens with one attached hydrogen (secondary N) is 1. The van der Waals surface area contributed by atoms with E-state index < -0.39 is 29.0 Å². The first-order chi connectivity index (χ1) is 16.2. The van der Waals surface area contributed by atoms with E-state index in [2.05, 4.69) is 15.5 Å². The monoisotopic (exact) mass is 479 g/mol. The van der Waals surface area contributed by atoms with Crippen LogP contribution < -0.4 is 10.2 Å². The minimum absolute atomic E-state index is 0.165. The normalized spacial score (nSPS) is 16.5. The number of hydrogen-bond donors (Lipinski definition) is 1. The highest BCUT2D eigenvalue weighted by molar-refractivity contribution is 5.96. The molecule has 1 saturated carbocycles. The molecule has 0 bridgehead atoms. The van der Waals surface area contributed by atoms with Crippen molar-refractivity contribution >= 4 is 17.6 Å². The van der Waals surface area contributed by atoms with Crippen molar-refractivity contribution in [1.29, 1.82) is 0 Å². The van der Waals surface area contributed by atoms with Crippen LogP contribution in [0.5, 0.6) is 0 Å². The lowest BCUT2D eigenvalue weighted by atomic mass is 10.0. The highest BCUT2D eigenvalue weighted by Gasteiger charge is 2.37. The van der Waals surface area contributed by atoms with Gasteiger partial charge < -0.3 is 15.1 Å². The number of amides is 2. The zero-order valence-electron chi connectivity index (χ0n) is 18.4. The van der Waals surface area contributed by atoms with E-state index in [0.29, 0.717) is 31.5 Å². The van der Waals surface area contributed by atoms with Crippen LogP contribution in [0.15, 0.2) is 30.3 Å². The SMILES string of the molecule is O=C(NCCCC1CC1)c1ccc(N2CCN(C(=O)c3ccc(F)cc3C(F)(F)F)CC2)nn1. The fraction of sp³-hybridized carbons (Fsp3) is 0.478. The second kappa shape index (κ2) is 9.94. The van der Waals surface area contributed by atoms with E-state index in [4.69, 9.17) is 0 Å². The third kappa shape index (κ3) is 5.81. The van der Waals surface area contributed by atoms with E-state index in [1.807, 2.05) is 4.90 Å². The second-order valence-electron chi connectivity index (χ2n) is 8.59. The average molecular weight is 479 g/mol. The molecule has 2 fully saturated rings. The number of anilines is 1. The predicted octanol–water partition coefficient (Wildman–Crippen LogP) is 3.52. The van der Waals surface area contributed by atoms with Gasteiger partial charge >= 0.3 is 6.18 Å². The van der Waals surface area contributed by atoms with E-state index in [0.717, 1.165) is 30.9 Å². The summed E-state index contributed by atoms with van der Waals surface area (Å²) < 4.78 is 53.1. The zero-order chi connectivity index (χ0) is 24.3. The van der Waals surface area contributed by atoms with Crippen LogP contribution in [0.25, 0.3) is 0 Å². The summed E-state index contributed by atoms with van der Waals surface area (Å²) in [7, 11) is 0. The van der Waals surface area contributed by atoms with Crippen molar-refractivity contribution in [1.82, 2.24) is 20.4 Å². The molecule has 2 heterocycles. The van der Waals surface area contributed by atoms with Gasteiger partial charge in [0.15, 0.2) is 11.5 Å². The minimum Gasteiger partial charge on any atom is -0.352 e. The number of rotatable bonds is 7. The Labute approximate surface area is 194 Å². The number of halogens is 4. The molecule has 1 aliphatic carbocycles. The fourth-order valence-corrected chi connectivity index (χ4v) is 3.95. The highest BCUT2D eigenvalue weighted by Crippen LogP contribution is 2.34. The molecule has 1 saturated heterocycles. The third-order valence-electron chi connectivity index (χ3n) is 6.06. The Morgan fingerprint density at radius 3 is 2.38 bits per heavy atom. The second-order valence-corrected chi connectivity index (χ2v) is 8.59. The van der Waals surface area contributed by atoms with Gasteiger partial charge in [-0.1, -0.05) is 12.8 Å². The van der Waals surface area contributed by atoms with Crippen LogP contribution in [0.3, 0.4) is 0 Å². The quantitative estimate of drug-likeness (QED) is 0.486. The van der Waals surface area contributed by atoms with Gasteiger partial charge in [0.05, 0.1) is 11.1 Å². The topological polar surface area (TPSA) is 78.4 Å². The molecule has 0 unspecified atom stereocenters. The van der Waals surface area contributed by atoms with Gasteiger partial charge in [0, 0.05) is 32.7 Å². The summed E-state index contributed by atoms with van der Waals surface area (Å²) in [6.45, 7) is 1.58. The molecule has 1 aromatic carbocycles. The molecule has 7 nitrogen and oxygen atoms in total. The van der Waals surface area contributed by atoms with Gasteiger partial charge in [0.25, 0.3) is 11.8 Å². The summed E-state index contributed by atoms with van der Waals surface area (Å²) in [4.78, 5) is 28.0. The molecule has 2 aromatic rings. The number of alkyl halides is 3. The molecule has 0 radical (unpaired) electrons. The molecule has 2 amide bonds. The molecule has 1 aliphatic heterocycles. The van der Waals surface area contributed by atoms with Crippen LogP contribution in [0.2, 0.25) is 0 Å². The van der Waals surface area contributed by atoms with Gasteiger partial charge in [0.2, 0.25) is 0 Å². The first-order valence-electron chi connectivity index (χ1n) is 11.3.